The van der Waals surface area contributed by atoms with Crippen molar-refractivity contribution in [3.63, 3.8) is 0 Å². The largest absolute Gasteiger partial charge is 0.490 e. The van der Waals surface area contributed by atoms with Gasteiger partial charge in [0.15, 0.2) is 0 Å². The number of imide groups is 1. The third-order valence-electron chi connectivity index (χ3n) is 8.32. The van der Waals surface area contributed by atoms with E-state index in [-0.39, 0.29) is 22.1 Å². The predicted octanol–water partition coefficient (Wildman–Crippen LogP) is 7.22. The summed E-state index contributed by atoms with van der Waals surface area (Å²) in [4.78, 5) is 26.5. The number of thioether (sulfide) groups is 1. The van der Waals surface area contributed by atoms with Crippen LogP contribution >= 0.6 is 11.8 Å². The summed E-state index contributed by atoms with van der Waals surface area (Å²) in [6.07, 6.45) is 0.744. The van der Waals surface area contributed by atoms with Crippen LogP contribution in [0.4, 0.5) is 10.5 Å². The van der Waals surface area contributed by atoms with Crippen LogP contribution in [-0.4, -0.2) is 36.4 Å². The second-order valence-electron chi connectivity index (χ2n) is 11.4. The molecule has 0 aliphatic carbocycles. The van der Waals surface area contributed by atoms with E-state index >= 15 is 0 Å². The van der Waals surface area contributed by atoms with Crippen molar-refractivity contribution in [3.8, 4) is 17.2 Å². The summed E-state index contributed by atoms with van der Waals surface area (Å²) < 4.78 is 19.3. The maximum absolute atomic E-state index is 12.6. The number of hydrogen-bond donors (Lipinski definition) is 1. The van der Waals surface area contributed by atoms with Gasteiger partial charge in [0.2, 0.25) is 0 Å². The molecule has 42 heavy (non-hydrogen) atoms. The summed E-state index contributed by atoms with van der Waals surface area (Å²) >= 11 is 0.841. The van der Waals surface area contributed by atoms with Gasteiger partial charge in [0, 0.05) is 17.5 Å². The van der Waals surface area contributed by atoms with Crippen LogP contribution in [0.5, 0.6) is 17.2 Å². The number of carbonyl (C=O) groups excluding carboxylic acids is 2. The minimum Gasteiger partial charge on any atom is -0.490 e. The fourth-order valence-electron chi connectivity index (χ4n) is 5.82. The van der Waals surface area contributed by atoms with Gasteiger partial charge in [-0.05, 0) is 94.2 Å². The Morgan fingerprint density at radius 1 is 1.00 bits per heavy atom. The van der Waals surface area contributed by atoms with E-state index in [4.69, 9.17) is 14.2 Å². The summed E-state index contributed by atoms with van der Waals surface area (Å²) in [7, 11) is 1.92. The number of para-hydroxylation sites is 2. The lowest BCUT2D eigenvalue weighted by molar-refractivity contribution is -0.113. The number of hydrogen-bond acceptors (Lipinski definition) is 7. The van der Waals surface area contributed by atoms with Crippen molar-refractivity contribution in [3.05, 3.63) is 93.9 Å². The zero-order chi connectivity index (χ0) is 30.2. The molecule has 1 fully saturated rings. The molecule has 220 valence electrons. The first-order valence-electron chi connectivity index (χ1n) is 14.2. The van der Waals surface area contributed by atoms with Crippen molar-refractivity contribution < 1.29 is 23.8 Å². The molecule has 0 saturated carbocycles. The lowest BCUT2D eigenvalue weighted by Gasteiger charge is -2.30. The number of nitrogens with zero attached hydrogens (tertiary/aromatic N) is 1. The molecular weight excluding hydrogens is 548 g/mol. The second kappa shape index (κ2) is 11.9. The zero-order valence-corrected chi connectivity index (χ0v) is 25.9. The predicted molar refractivity (Wildman–Crippen MR) is 168 cm³/mol. The molecule has 3 aromatic carbocycles. The fraction of sp³-hybridized carbons (Fsp3) is 0.353. The summed E-state index contributed by atoms with van der Waals surface area (Å²) in [6.45, 7) is 15.1. The highest BCUT2D eigenvalue weighted by molar-refractivity contribution is 8.18. The topological polar surface area (TPSA) is 77.1 Å². The molecule has 0 spiro atoms. The van der Waals surface area contributed by atoms with E-state index in [9.17, 15) is 9.59 Å². The van der Waals surface area contributed by atoms with Crippen LogP contribution < -0.4 is 24.4 Å². The van der Waals surface area contributed by atoms with E-state index in [1.165, 1.54) is 5.56 Å². The maximum atomic E-state index is 12.6. The minimum atomic E-state index is -0.443. The van der Waals surface area contributed by atoms with Crippen LogP contribution in [0, 0.1) is 20.8 Å². The molecule has 3 aromatic rings. The number of benzene rings is 3. The van der Waals surface area contributed by atoms with Crippen molar-refractivity contribution in [2.24, 2.45) is 0 Å². The highest BCUT2D eigenvalue weighted by atomic mass is 32.2. The Morgan fingerprint density at radius 3 is 2.36 bits per heavy atom. The van der Waals surface area contributed by atoms with Gasteiger partial charge in [-0.25, -0.2) is 4.90 Å². The summed E-state index contributed by atoms with van der Waals surface area (Å²) in [6, 6.07) is 17.3. The number of anilines is 1. The highest BCUT2D eigenvalue weighted by Gasteiger charge is 2.45. The van der Waals surface area contributed by atoms with E-state index in [1.807, 2.05) is 31.3 Å². The van der Waals surface area contributed by atoms with Gasteiger partial charge in [0.05, 0.1) is 10.6 Å². The number of ether oxygens (including phenoxy) is 3. The summed E-state index contributed by atoms with van der Waals surface area (Å²) in [5.74, 6) is 1.98. The average Bonchev–Trinajstić information content (AvgIpc) is 3.39. The molecule has 0 radical (unpaired) electrons. The molecule has 2 aliphatic heterocycles. The average molecular weight is 587 g/mol. The third-order valence-corrected chi connectivity index (χ3v) is 9.10. The van der Waals surface area contributed by atoms with Gasteiger partial charge >= 0.3 is 0 Å². The molecule has 2 amide bonds. The summed E-state index contributed by atoms with van der Waals surface area (Å²) in [5, 5.41) is 3.03. The molecule has 7 nitrogen and oxygen atoms in total. The number of amides is 2. The number of fused-ring (bicyclic) bond motifs is 1. The van der Waals surface area contributed by atoms with Gasteiger partial charge in [-0.2, -0.15) is 0 Å². The van der Waals surface area contributed by atoms with Gasteiger partial charge < -0.3 is 19.5 Å². The smallest absolute Gasteiger partial charge is 0.298 e. The Kier molecular flexibility index (Phi) is 8.39. The van der Waals surface area contributed by atoms with Crippen molar-refractivity contribution in [1.82, 2.24) is 5.32 Å². The van der Waals surface area contributed by atoms with Crippen molar-refractivity contribution >= 4 is 28.6 Å². The molecule has 0 aromatic heterocycles. The van der Waals surface area contributed by atoms with Crippen LogP contribution in [0.2, 0.25) is 0 Å². The summed E-state index contributed by atoms with van der Waals surface area (Å²) in [5.41, 5.74) is 5.57. The van der Waals surface area contributed by atoms with Crippen molar-refractivity contribution in [2.75, 3.05) is 18.6 Å². The van der Waals surface area contributed by atoms with Gasteiger partial charge in [0.1, 0.15) is 36.1 Å². The monoisotopic (exact) mass is 586 g/mol. The normalized spacial score (nSPS) is 18.2. The molecule has 1 N–H and O–H groups in total. The molecule has 2 heterocycles. The van der Waals surface area contributed by atoms with Gasteiger partial charge in [-0.3, -0.25) is 9.59 Å². The third kappa shape index (κ3) is 5.53. The highest BCUT2D eigenvalue weighted by Crippen LogP contribution is 2.53. The molecule has 1 saturated heterocycles. The Bertz CT molecular complexity index is 1530. The number of carbonyl (C=O) groups is 2. The number of likely N-dealkylation sites (N-methyl/N-ethyl adjacent to an activating group) is 1. The minimum absolute atomic E-state index is 0.0408. The van der Waals surface area contributed by atoms with E-state index in [0.29, 0.717) is 24.7 Å². The molecule has 2 aliphatic rings. The number of nitrogens with one attached hydrogen (secondary N) is 1. The standard InChI is InChI=1S/C34H38N2O5S/c1-20-21(2)31-29(22(3)30(20)40-18-24-13-9-8-10-14-24)26(34(5,6)41-31)17-25(35-7)19-39-28-16-12-11-15-27(28)36-32(37)23(4)42-33(36)38/h8-16,25-26,35H,4,17-19H2,1-3,5-7H3. The lowest BCUT2D eigenvalue weighted by Crippen LogP contribution is -2.39. The van der Waals surface area contributed by atoms with E-state index < -0.39 is 11.5 Å². The van der Waals surface area contributed by atoms with Gasteiger partial charge in [0.25, 0.3) is 11.1 Å². The van der Waals surface area contributed by atoms with Crippen molar-refractivity contribution in [2.45, 2.75) is 65.2 Å². The van der Waals surface area contributed by atoms with Gasteiger partial charge in [-0.1, -0.05) is 49.0 Å². The first-order valence-corrected chi connectivity index (χ1v) is 15.0. The Morgan fingerprint density at radius 2 is 1.69 bits per heavy atom. The Hall–Kier alpha value is -3.75. The first kappa shape index (κ1) is 29.7. The Balaban J connectivity index is 1.38. The van der Waals surface area contributed by atoms with Crippen LogP contribution in [0.3, 0.4) is 0 Å². The van der Waals surface area contributed by atoms with Crippen LogP contribution in [0.1, 0.15) is 54.0 Å². The zero-order valence-electron chi connectivity index (χ0n) is 25.1. The maximum Gasteiger partial charge on any atom is 0.298 e. The van der Waals surface area contributed by atoms with Crippen LogP contribution in [0.15, 0.2) is 66.1 Å². The second-order valence-corrected chi connectivity index (χ2v) is 12.5. The molecule has 8 heteroatoms. The van der Waals surface area contributed by atoms with Gasteiger partial charge in [-0.15, -0.1) is 0 Å². The Labute approximate surface area is 252 Å². The molecule has 5 rings (SSSR count). The van der Waals surface area contributed by atoms with Crippen LogP contribution in [0.25, 0.3) is 0 Å². The van der Waals surface area contributed by atoms with E-state index in [0.717, 1.165) is 56.8 Å². The van der Waals surface area contributed by atoms with E-state index in [1.54, 1.807) is 18.2 Å². The number of rotatable bonds is 10. The lowest BCUT2D eigenvalue weighted by atomic mass is 9.79. The SMILES string of the molecule is C=C1SC(=O)N(c2ccccc2OCC(CC2c3c(C)c(OCc4ccccc4)c(C)c(C)c3OC2(C)C)NC)C1=O. The molecule has 2 atom stereocenters. The molecular formula is C34H38N2O5S. The first-order chi connectivity index (χ1) is 20.0. The quantitative estimate of drug-likeness (QED) is 0.252. The van der Waals surface area contributed by atoms with Crippen LogP contribution in [-0.2, 0) is 11.4 Å². The molecule has 2 unspecified atom stereocenters. The molecule has 0 bridgehead atoms. The fourth-order valence-corrected chi connectivity index (χ4v) is 6.48. The van der Waals surface area contributed by atoms with Crippen molar-refractivity contribution in [1.29, 1.82) is 0 Å². The van der Waals surface area contributed by atoms with E-state index in [2.05, 4.69) is 58.6 Å².